The van der Waals surface area contributed by atoms with Crippen molar-refractivity contribution in [1.82, 2.24) is 9.97 Å². The third-order valence-corrected chi connectivity index (χ3v) is 5.88. The average molecular weight is 459 g/mol. The van der Waals surface area contributed by atoms with Crippen molar-refractivity contribution in [2.75, 3.05) is 11.1 Å². The van der Waals surface area contributed by atoms with Crippen LogP contribution in [0.1, 0.15) is 16.8 Å². The van der Waals surface area contributed by atoms with Gasteiger partial charge in [0, 0.05) is 26.3 Å². The monoisotopic (exact) mass is 459 g/mol. The van der Waals surface area contributed by atoms with E-state index in [1.807, 2.05) is 25.1 Å². The molecule has 1 aliphatic rings. The van der Waals surface area contributed by atoms with Crippen LogP contribution in [0.15, 0.2) is 28.2 Å². The lowest BCUT2D eigenvalue weighted by Gasteiger charge is -2.08. The highest BCUT2D eigenvalue weighted by molar-refractivity contribution is 14.1. The molecule has 1 amide bonds. The van der Waals surface area contributed by atoms with Gasteiger partial charge in [-0.3, -0.25) is 9.59 Å². The Labute approximate surface area is 155 Å². The first-order valence-electron chi connectivity index (χ1n) is 6.91. The van der Waals surface area contributed by atoms with E-state index in [0.29, 0.717) is 5.16 Å². The first-order chi connectivity index (χ1) is 11.0. The number of carbonyl (C=O) groups is 1. The number of rotatable bonds is 4. The number of aromatic amines is 1. The van der Waals surface area contributed by atoms with E-state index in [1.54, 1.807) is 11.8 Å². The number of hydrogen-bond acceptors (Lipinski definition) is 5. The number of nitrogens with one attached hydrogen (secondary N) is 2. The average Bonchev–Trinajstić information content (AvgIpc) is 2.97. The molecule has 1 aromatic carbocycles. The Balaban J connectivity index is 1.63. The van der Waals surface area contributed by atoms with Crippen molar-refractivity contribution in [1.29, 1.82) is 0 Å². The number of thioether (sulfide) groups is 2. The third-order valence-electron chi connectivity index (χ3n) is 3.37. The number of H-pyrrole nitrogens is 1. The summed E-state index contributed by atoms with van der Waals surface area (Å²) >= 11 is 5.17. The maximum absolute atomic E-state index is 12.1. The molecule has 8 heteroatoms. The number of hydrogen-bond donors (Lipinski definition) is 2. The maximum Gasteiger partial charge on any atom is 0.255 e. The van der Waals surface area contributed by atoms with Gasteiger partial charge in [-0.25, -0.2) is 4.98 Å². The molecule has 3 rings (SSSR count). The molecule has 0 saturated heterocycles. The van der Waals surface area contributed by atoms with Gasteiger partial charge in [0.2, 0.25) is 5.91 Å². The fourth-order valence-corrected chi connectivity index (χ4v) is 4.56. The first-order valence-corrected chi connectivity index (χ1v) is 10.1. The molecule has 5 nitrogen and oxygen atoms in total. The molecule has 0 radical (unpaired) electrons. The molecule has 2 N–H and O–H groups in total. The lowest BCUT2D eigenvalue weighted by atomic mass is 10.2. The fraction of sp³-hybridized carbons (Fsp3) is 0.267. The summed E-state index contributed by atoms with van der Waals surface area (Å²) in [6.45, 7) is 1.96. The van der Waals surface area contributed by atoms with E-state index in [9.17, 15) is 9.59 Å². The largest absolute Gasteiger partial charge is 0.325 e. The molecular weight excluding hydrogens is 445 g/mol. The van der Waals surface area contributed by atoms with Crippen molar-refractivity contribution in [2.45, 2.75) is 23.6 Å². The second kappa shape index (κ2) is 7.27. The van der Waals surface area contributed by atoms with Crippen molar-refractivity contribution in [3.63, 3.8) is 0 Å². The summed E-state index contributed by atoms with van der Waals surface area (Å²) in [6.07, 6.45) is 0. The summed E-state index contributed by atoms with van der Waals surface area (Å²) in [5.74, 6) is 1.58. The summed E-state index contributed by atoms with van der Waals surface area (Å²) in [5, 5.41) is 3.39. The number of amides is 1. The van der Waals surface area contributed by atoms with E-state index in [1.165, 1.54) is 11.8 Å². The molecule has 0 aliphatic carbocycles. The van der Waals surface area contributed by atoms with E-state index in [4.69, 9.17) is 0 Å². The zero-order chi connectivity index (χ0) is 16.4. The molecule has 0 spiro atoms. The van der Waals surface area contributed by atoms with Crippen LogP contribution in [0.3, 0.4) is 0 Å². The smallest absolute Gasteiger partial charge is 0.255 e. The lowest BCUT2D eigenvalue weighted by molar-refractivity contribution is -0.113. The topological polar surface area (TPSA) is 74.8 Å². The van der Waals surface area contributed by atoms with Crippen LogP contribution >= 0.6 is 46.1 Å². The number of aryl methyl sites for hydroxylation is 1. The number of aromatic nitrogens is 2. The van der Waals surface area contributed by atoms with E-state index in [0.717, 1.165) is 37.6 Å². The first kappa shape index (κ1) is 16.8. The Morgan fingerprint density at radius 1 is 1.48 bits per heavy atom. The number of nitrogens with zero attached hydrogens (tertiary/aromatic N) is 1. The highest BCUT2D eigenvalue weighted by Crippen LogP contribution is 2.26. The number of anilines is 1. The van der Waals surface area contributed by atoms with Crippen molar-refractivity contribution < 1.29 is 4.79 Å². The summed E-state index contributed by atoms with van der Waals surface area (Å²) in [6, 6.07) is 5.86. The molecule has 2 aromatic rings. The van der Waals surface area contributed by atoms with E-state index in [-0.39, 0.29) is 17.2 Å². The van der Waals surface area contributed by atoms with Gasteiger partial charge < -0.3 is 10.3 Å². The van der Waals surface area contributed by atoms with E-state index < -0.39 is 0 Å². The van der Waals surface area contributed by atoms with Gasteiger partial charge in [0.25, 0.3) is 5.56 Å². The molecule has 120 valence electrons. The van der Waals surface area contributed by atoms with Crippen LogP contribution in [-0.4, -0.2) is 21.6 Å². The lowest BCUT2D eigenvalue weighted by Crippen LogP contribution is -2.18. The summed E-state index contributed by atoms with van der Waals surface area (Å²) in [5.41, 5.74) is 3.35. The molecule has 23 heavy (non-hydrogen) atoms. The number of benzene rings is 1. The Morgan fingerprint density at radius 2 is 2.30 bits per heavy atom. The highest BCUT2D eigenvalue weighted by Gasteiger charge is 2.18. The number of halogens is 1. The quantitative estimate of drug-likeness (QED) is 0.418. The molecule has 1 aliphatic heterocycles. The van der Waals surface area contributed by atoms with Crippen LogP contribution in [0.4, 0.5) is 5.69 Å². The molecular formula is C15H14IN3O2S2. The third kappa shape index (κ3) is 4.10. The Morgan fingerprint density at radius 3 is 3.09 bits per heavy atom. The predicted octanol–water partition coefficient (Wildman–Crippen LogP) is 3.16. The normalized spacial score (nSPS) is 13.0. The van der Waals surface area contributed by atoms with Crippen LogP contribution in [0.25, 0.3) is 0 Å². The van der Waals surface area contributed by atoms with Crippen LogP contribution in [-0.2, 0) is 16.3 Å². The Hall–Kier alpha value is -1.00. The minimum Gasteiger partial charge on any atom is -0.325 e. The van der Waals surface area contributed by atoms with Crippen molar-refractivity contribution >= 4 is 57.7 Å². The highest BCUT2D eigenvalue weighted by atomic mass is 127. The van der Waals surface area contributed by atoms with Crippen molar-refractivity contribution in [3.05, 3.63) is 48.9 Å². The summed E-state index contributed by atoms with van der Waals surface area (Å²) in [7, 11) is 0. The molecule has 0 unspecified atom stereocenters. The summed E-state index contributed by atoms with van der Waals surface area (Å²) < 4.78 is 1.13. The number of fused-ring (bicyclic) bond motifs is 1. The second-order valence-electron chi connectivity index (χ2n) is 5.09. The maximum atomic E-state index is 12.1. The van der Waals surface area contributed by atoms with Crippen LogP contribution in [0.5, 0.6) is 0 Å². The summed E-state index contributed by atoms with van der Waals surface area (Å²) in [4.78, 5) is 31.2. The Bertz CT molecular complexity index is 823. The molecule has 1 aromatic heterocycles. The SMILES string of the molecule is Cc1cc(I)ccc1NC(=O)CSc1nc2c(c(=O)[nH]1)CSC2. The predicted molar refractivity (Wildman–Crippen MR) is 103 cm³/mol. The van der Waals surface area contributed by atoms with Crippen molar-refractivity contribution in [2.24, 2.45) is 0 Å². The molecule has 0 fully saturated rings. The van der Waals surface area contributed by atoms with Gasteiger partial charge in [-0.1, -0.05) is 11.8 Å². The second-order valence-corrected chi connectivity index (χ2v) is 8.28. The molecule has 0 bridgehead atoms. The minimum atomic E-state index is -0.114. The van der Waals surface area contributed by atoms with Gasteiger partial charge in [0.15, 0.2) is 5.16 Å². The van der Waals surface area contributed by atoms with Gasteiger partial charge in [-0.05, 0) is 53.3 Å². The van der Waals surface area contributed by atoms with Crippen LogP contribution < -0.4 is 10.9 Å². The minimum absolute atomic E-state index is 0.0867. The fourth-order valence-electron chi connectivity index (χ4n) is 2.20. The Kier molecular flexibility index (Phi) is 5.32. The standard InChI is InChI=1S/C15H14IN3O2S2/c1-8-4-9(16)2-3-11(8)17-13(20)7-23-15-18-12-6-22-5-10(12)14(21)19-15/h2-4H,5-7H2,1H3,(H,17,20)(H,18,19,21). The van der Waals surface area contributed by atoms with Crippen molar-refractivity contribution in [3.8, 4) is 0 Å². The van der Waals surface area contributed by atoms with Gasteiger partial charge in [0.05, 0.1) is 11.4 Å². The van der Waals surface area contributed by atoms with Gasteiger partial charge >= 0.3 is 0 Å². The molecule has 0 saturated carbocycles. The van der Waals surface area contributed by atoms with E-state index in [2.05, 4.69) is 37.9 Å². The zero-order valence-electron chi connectivity index (χ0n) is 12.3. The molecule has 0 atom stereocenters. The number of carbonyl (C=O) groups excluding carboxylic acids is 1. The molecule has 2 heterocycles. The van der Waals surface area contributed by atoms with Crippen LogP contribution in [0, 0.1) is 10.5 Å². The van der Waals surface area contributed by atoms with Gasteiger partial charge in [-0.15, -0.1) is 0 Å². The van der Waals surface area contributed by atoms with Gasteiger partial charge in [-0.2, -0.15) is 11.8 Å². The zero-order valence-corrected chi connectivity index (χ0v) is 16.1. The van der Waals surface area contributed by atoms with Gasteiger partial charge in [0.1, 0.15) is 0 Å². The van der Waals surface area contributed by atoms with Crippen LogP contribution in [0.2, 0.25) is 0 Å². The van der Waals surface area contributed by atoms with E-state index >= 15 is 0 Å².